The van der Waals surface area contributed by atoms with E-state index in [0.717, 1.165) is 6.07 Å². The Labute approximate surface area is 113 Å². The van der Waals surface area contributed by atoms with Gasteiger partial charge >= 0.3 is 6.36 Å². The lowest BCUT2D eigenvalue weighted by Gasteiger charge is -2.18. The summed E-state index contributed by atoms with van der Waals surface area (Å²) in [5, 5.41) is -1.08. The van der Waals surface area contributed by atoms with Crippen LogP contribution in [0.5, 0.6) is 11.5 Å². The van der Waals surface area contributed by atoms with Crippen molar-refractivity contribution in [1.29, 1.82) is 0 Å². The van der Waals surface area contributed by atoms with E-state index in [1.807, 2.05) is 0 Å². The summed E-state index contributed by atoms with van der Waals surface area (Å²) in [6.45, 7) is 2.96. The van der Waals surface area contributed by atoms with Gasteiger partial charge in [0.25, 0.3) is 0 Å². The largest absolute Gasteiger partial charge is 0.573 e. The molecule has 0 radical (unpaired) electrons. The zero-order chi connectivity index (χ0) is 14.6. The Balaban J connectivity index is 3.25. The number of carbonyl (C=O) groups is 1. The second kappa shape index (κ2) is 6.14. The summed E-state index contributed by atoms with van der Waals surface area (Å²) in [6.07, 6.45) is -4.84. The van der Waals surface area contributed by atoms with Gasteiger partial charge in [0, 0.05) is 5.56 Å². The van der Waals surface area contributed by atoms with E-state index in [0.29, 0.717) is 0 Å². The molecule has 0 amide bonds. The number of para-hydroxylation sites is 1. The molecule has 1 unspecified atom stereocenters. The Bertz CT molecular complexity index is 460. The van der Waals surface area contributed by atoms with Crippen molar-refractivity contribution in [2.45, 2.75) is 25.6 Å². The van der Waals surface area contributed by atoms with Crippen LogP contribution in [-0.2, 0) is 4.79 Å². The fourth-order valence-corrected chi connectivity index (χ4v) is 1.63. The van der Waals surface area contributed by atoms with E-state index in [1.54, 1.807) is 6.92 Å². The molecule has 1 aromatic rings. The third-order valence-electron chi connectivity index (χ3n) is 2.15. The summed E-state index contributed by atoms with van der Waals surface area (Å²) in [5.74, 6) is -1.08. The molecule has 0 saturated heterocycles. The predicted octanol–water partition coefficient (Wildman–Crippen LogP) is 3.85. The van der Waals surface area contributed by atoms with Crippen LogP contribution < -0.4 is 9.47 Å². The number of hydrogen-bond donors (Lipinski definition) is 0. The second-order valence-corrected chi connectivity index (χ2v) is 4.06. The zero-order valence-electron chi connectivity index (χ0n) is 10.3. The van der Waals surface area contributed by atoms with Crippen molar-refractivity contribution in [1.82, 2.24) is 0 Å². The van der Waals surface area contributed by atoms with Crippen LogP contribution in [0.3, 0.4) is 0 Å². The highest BCUT2D eigenvalue weighted by molar-refractivity contribution is 6.31. The minimum Gasteiger partial charge on any atom is -0.490 e. The van der Waals surface area contributed by atoms with E-state index in [2.05, 4.69) is 4.74 Å². The predicted molar refractivity (Wildman–Crippen MR) is 63.6 cm³/mol. The van der Waals surface area contributed by atoms with Gasteiger partial charge in [0.1, 0.15) is 5.38 Å². The maximum atomic E-state index is 12.3. The number of hydrogen-bond acceptors (Lipinski definition) is 3. The van der Waals surface area contributed by atoms with Crippen molar-refractivity contribution in [3.05, 3.63) is 23.8 Å². The molecule has 1 aromatic carbocycles. The summed E-state index contributed by atoms with van der Waals surface area (Å²) >= 11 is 5.86. The fourth-order valence-electron chi connectivity index (χ4n) is 1.46. The van der Waals surface area contributed by atoms with Crippen LogP contribution >= 0.6 is 11.6 Å². The number of halogens is 4. The van der Waals surface area contributed by atoms with Crippen molar-refractivity contribution in [3.63, 3.8) is 0 Å². The first-order valence-electron chi connectivity index (χ1n) is 5.42. The molecular formula is C12H12ClF3O3. The van der Waals surface area contributed by atoms with Gasteiger partial charge in [-0.15, -0.1) is 24.8 Å². The first-order valence-corrected chi connectivity index (χ1v) is 5.86. The van der Waals surface area contributed by atoms with Gasteiger partial charge in [0.2, 0.25) is 0 Å². The molecule has 3 nitrogen and oxygen atoms in total. The molecule has 0 aliphatic heterocycles. The van der Waals surface area contributed by atoms with Crippen LogP contribution in [0.15, 0.2) is 18.2 Å². The van der Waals surface area contributed by atoms with Crippen LogP contribution in [0.1, 0.15) is 24.8 Å². The van der Waals surface area contributed by atoms with Gasteiger partial charge in [0.15, 0.2) is 17.3 Å². The Hall–Kier alpha value is -1.43. The smallest absolute Gasteiger partial charge is 0.490 e. The SMILES string of the molecule is CCOc1c(OC(F)(F)F)cccc1C(Cl)C(C)=O. The number of Topliss-reactive ketones (excluding diaryl/α,β-unsaturated/α-hetero) is 1. The maximum absolute atomic E-state index is 12.3. The van der Waals surface area contributed by atoms with Crippen molar-refractivity contribution in [2.75, 3.05) is 6.61 Å². The summed E-state index contributed by atoms with van der Waals surface area (Å²) < 4.78 is 45.8. The van der Waals surface area contributed by atoms with Gasteiger partial charge < -0.3 is 9.47 Å². The van der Waals surface area contributed by atoms with Crippen LogP contribution in [-0.4, -0.2) is 18.8 Å². The van der Waals surface area contributed by atoms with E-state index in [-0.39, 0.29) is 17.9 Å². The van der Waals surface area contributed by atoms with Gasteiger partial charge in [0.05, 0.1) is 6.61 Å². The second-order valence-electron chi connectivity index (χ2n) is 3.63. The van der Waals surface area contributed by atoms with Crippen LogP contribution in [0.2, 0.25) is 0 Å². The molecule has 0 aliphatic carbocycles. The van der Waals surface area contributed by atoms with E-state index >= 15 is 0 Å². The average Bonchev–Trinajstić information content (AvgIpc) is 2.28. The molecule has 0 fully saturated rings. The number of benzene rings is 1. The van der Waals surface area contributed by atoms with Gasteiger partial charge in [-0.1, -0.05) is 12.1 Å². The average molecular weight is 297 g/mol. The van der Waals surface area contributed by atoms with E-state index in [4.69, 9.17) is 16.3 Å². The highest BCUT2D eigenvalue weighted by Crippen LogP contribution is 2.40. The topological polar surface area (TPSA) is 35.5 Å². The zero-order valence-corrected chi connectivity index (χ0v) is 11.0. The van der Waals surface area contributed by atoms with Crippen molar-refractivity contribution >= 4 is 17.4 Å². The molecule has 0 aliphatic rings. The van der Waals surface area contributed by atoms with Gasteiger partial charge in [-0.3, -0.25) is 4.79 Å². The van der Waals surface area contributed by atoms with Gasteiger partial charge in [-0.25, -0.2) is 0 Å². The first-order chi connectivity index (χ1) is 8.76. The fraction of sp³-hybridized carbons (Fsp3) is 0.417. The summed E-state index contributed by atoms with van der Waals surface area (Å²) in [5.41, 5.74) is 0.151. The molecule has 1 rings (SSSR count). The normalized spacial score (nSPS) is 12.9. The molecule has 106 valence electrons. The molecule has 0 N–H and O–H groups in total. The molecular weight excluding hydrogens is 285 g/mol. The van der Waals surface area contributed by atoms with E-state index < -0.39 is 23.3 Å². The number of rotatable bonds is 5. The molecule has 19 heavy (non-hydrogen) atoms. The van der Waals surface area contributed by atoms with Crippen LogP contribution in [0, 0.1) is 0 Å². The highest BCUT2D eigenvalue weighted by atomic mass is 35.5. The quantitative estimate of drug-likeness (QED) is 0.774. The molecule has 0 spiro atoms. The molecule has 1 atom stereocenters. The minimum absolute atomic E-state index is 0.118. The Morgan fingerprint density at radius 1 is 1.42 bits per heavy atom. The standard InChI is InChI=1S/C12H12ClF3O3/c1-3-18-11-8(10(13)7(2)17)5-4-6-9(11)19-12(14,15)16/h4-6,10H,3H2,1-2H3. The number of alkyl halides is 4. The lowest BCUT2D eigenvalue weighted by molar-refractivity contribution is -0.275. The Morgan fingerprint density at radius 3 is 2.53 bits per heavy atom. The van der Waals surface area contributed by atoms with Crippen molar-refractivity contribution < 1.29 is 27.4 Å². The summed E-state index contributed by atoms with van der Waals surface area (Å²) in [6, 6.07) is 3.84. The third-order valence-corrected chi connectivity index (χ3v) is 2.70. The summed E-state index contributed by atoms with van der Waals surface area (Å²) in [4.78, 5) is 11.2. The third kappa shape index (κ3) is 4.31. The summed E-state index contributed by atoms with van der Waals surface area (Å²) in [7, 11) is 0. The number of ether oxygens (including phenoxy) is 2. The first kappa shape index (κ1) is 15.6. The molecule has 0 bridgehead atoms. The van der Waals surface area contributed by atoms with Crippen LogP contribution in [0.4, 0.5) is 13.2 Å². The van der Waals surface area contributed by atoms with E-state index in [9.17, 15) is 18.0 Å². The maximum Gasteiger partial charge on any atom is 0.573 e. The minimum atomic E-state index is -4.84. The van der Waals surface area contributed by atoms with Crippen molar-refractivity contribution in [2.24, 2.45) is 0 Å². The molecule has 0 saturated carbocycles. The number of carbonyl (C=O) groups excluding carboxylic acids is 1. The Morgan fingerprint density at radius 2 is 2.05 bits per heavy atom. The monoisotopic (exact) mass is 296 g/mol. The van der Waals surface area contributed by atoms with Gasteiger partial charge in [-0.2, -0.15) is 0 Å². The number of ketones is 1. The Kier molecular flexibility index (Phi) is 5.05. The lowest BCUT2D eigenvalue weighted by atomic mass is 10.1. The van der Waals surface area contributed by atoms with Crippen molar-refractivity contribution in [3.8, 4) is 11.5 Å². The van der Waals surface area contributed by atoms with Gasteiger partial charge in [-0.05, 0) is 19.9 Å². The highest BCUT2D eigenvalue weighted by Gasteiger charge is 2.33. The lowest BCUT2D eigenvalue weighted by Crippen LogP contribution is -2.18. The molecule has 0 aromatic heterocycles. The molecule has 7 heteroatoms. The van der Waals surface area contributed by atoms with E-state index in [1.165, 1.54) is 19.1 Å². The molecule has 0 heterocycles. The van der Waals surface area contributed by atoms with Crippen LogP contribution in [0.25, 0.3) is 0 Å².